The summed E-state index contributed by atoms with van der Waals surface area (Å²) in [6, 6.07) is 20.4. The molecular weight excluding hydrogens is 404 g/mol. The van der Waals surface area contributed by atoms with Gasteiger partial charge >= 0.3 is 0 Å². The van der Waals surface area contributed by atoms with E-state index in [1.165, 1.54) is 5.56 Å². The van der Waals surface area contributed by atoms with Gasteiger partial charge in [-0.15, -0.1) is 0 Å². The van der Waals surface area contributed by atoms with E-state index in [1.54, 1.807) is 16.0 Å². The number of anilines is 1. The molecule has 0 aliphatic heterocycles. The van der Waals surface area contributed by atoms with Crippen molar-refractivity contribution in [3.63, 3.8) is 0 Å². The zero-order chi connectivity index (χ0) is 21.5. The Labute approximate surface area is 186 Å². The first-order valence-electron chi connectivity index (χ1n) is 10.2. The molecule has 0 fully saturated rings. The lowest BCUT2D eigenvalue weighted by Crippen LogP contribution is -2.06. The number of hydrazone groups is 1. The fourth-order valence-electron chi connectivity index (χ4n) is 3.13. The van der Waals surface area contributed by atoms with Gasteiger partial charge in [0.25, 0.3) is 5.95 Å². The van der Waals surface area contributed by atoms with Gasteiger partial charge in [-0.25, -0.2) is 5.43 Å². The van der Waals surface area contributed by atoms with Gasteiger partial charge < -0.3 is 0 Å². The monoisotopic (exact) mass is 428 g/mol. The molecule has 2 aromatic carbocycles. The van der Waals surface area contributed by atoms with Gasteiger partial charge in [0.15, 0.2) is 0 Å². The van der Waals surface area contributed by atoms with Crippen LogP contribution in [0.5, 0.6) is 0 Å². The van der Waals surface area contributed by atoms with Crippen molar-refractivity contribution in [3.8, 4) is 5.69 Å². The Morgan fingerprint density at radius 1 is 1.10 bits per heavy atom. The molecular formula is C24H24N6S. The number of thiophene rings is 1. The smallest absolute Gasteiger partial charge is 0.243 e. The van der Waals surface area contributed by atoms with Crippen LogP contribution in [-0.4, -0.2) is 25.9 Å². The van der Waals surface area contributed by atoms with E-state index in [2.05, 4.69) is 75.6 Å². The summed E-state index contributed by atoms with van der Waals surface area (Å²) in [5.74, 6) is 1.10. The van der Waals surface area contributed by atoms with Crippen LogP contribution in [0.25, 0.3) is 11.8 Å². The van der Waals surface area contributed by atoms with E-state index in [0.717, 1.165) is 28.9 Å². The highest BCUT2D eigenvalue weighted by Crippen LogP contribution is 2.15. The van der Waals surface area contributed by atoms with Gasteiger partial charge in [-0.3, -0.25) is 0 Å². The number of nitrogens with zero attached hydrogens (tertiary/aromatic N) is 5. The van der Waals surface area contributed by atoms with Crippen molar-refractivity contribution in [2.45, 2.75) is 20.3 Å². The van der Waals surface area contributed by atoms with Crippen molar-refractivity contribution in [2.75, 3.05) is 5.43 Å². The first kappa shape index (κ1) is 20.7. The molecule has 0 unspecified atom stereocenters. The third-order valence-electron chi connectivity index (χ3n) is 4.62. The molecule has 0 spiro atoms. The zero-order valence-corrected chi connectivity index (χ0v) is 18.3. The van der Waals surface area contributed by atoms with E-state index in [-0.39, 0.29) is 0 Å². The number of tetrazole rings is 1. The minimum atomic E-state index is 0.449. The van der Waals surface area contributed by atoms with Crippen LogP contribution in [-0.2, 0) is 6.42 Å². The van der Waals surface area contributed by atoms with Crippen LogP contribution in [0.15, 0.2) is 82.6 Å². The molecule has 6 nitrogen and oxygen atoms in total. The highest BCUT2D eigenvalue weighted by Gasteiger charge is 2.08. The highest BCUT2D eigenvalue weighted by molar-refractivity contribution is 7.08. The number of allylic oxidation sites excluding steroid dienone is 1. The topological polar surface area (TPSA) is 68.0 Å². The van der Waals surface area contributed by atoms with E-state index >= 15 is 0 Å². The lowest BCUT2D eigenvalue weighted by molar-refractivity contribution is 0.647. The lowest BCUT2D eigenvalue weighted by Gasteiger charge is -2.05. The number of rotatable bonds is 8. The van der Waals surface area contributed by atoms with E-state index in [4.69, 9.17) is 0 Å². The van der Waals surface area contributed by atoms with Gasteiger partial charge in [-0.2, -0.15) is 21.1 Å². The number of benzene rings is 2. The average molecular weight is 429 g/mol. The molecule has 0 saturated carbocycles. The molecule has 0 aliphatic rings. The van der Waals surface area contributed by atoms with Crippen LogP contribution < -0.4 is 5.43 Å². The Bertz CT molecular complexity index is 1140. The summed E-state index contributed by atoms with van der Waals surface area (Å²) in [4.78, 5) is 0. The van der Waals surface area contributed by atoms with Gasteiger partial charge in [0.1, 0.15) is 0 Å². The number of para-hydroxylation sites is 1. The SMILES string of the molecule is CC(C)Cc1ccc(C=CC(=NNc2nnnn2-c2ccccc2)c2ccsc2)cc1. The maximum atomic E-state index is 4.59. The van der Waals surface area contributed by atoms with Gasteiger partial charge in [0.2, 0.25) is 0 Å². The van der Waals surface area contributed by atoms with Crippen LogP contribution >= 0.6 is 11.3 Å². The second-order valence-corrected chi connectivity index (χ2v) is 8.32. The lowest BCUT2D eigenvalue weighted by atomic mass is 10.0. The molecule has 7 heteroatoms. The molecule has 0 bridgehead atoms. The van der Waals surface area contributed by atoms with Crippen molar-refractivity contribution < 1.29 is 0 Å². The second-order valence-electron chi connectivity index (χ2n) is 7.54. The van der Waals surface area contributed by atoms with Crippen molar-refractivity contribution in [2.24, 2.45) is 11.0 Å². The maximum absolute atomic E-state index is 4.59. The third-order valence-corrected chi connectivity index (χ3v) is 5.30. The first-order valence-corrected chi connectivity index (χ1v) is 11.1. The molecule has 4 rings (SSSR count). The van der Waals surface area contributed by atoms with E-state index in [0.29, 0.717) is 11.9 Å². The molecule has 156 valence electrons. The van der Waals surface area contributed by atoms with Crippen LogP contribution in [0.1, 0.15) is 30.5 Å². The van der Waals surface area contributed by atoms with Crippen molar-refractivity contribution in [1.82, 2.24) is 20.2 Å². The highest BCUT2D eigenvalue weighted by atomic mass is 32.1. The predicted molar refractivity (Wildman–Crippen MR) is 128 cm³/mol. The molecule has 1 N–H and O–H groups in total. The minimum Gasteiger partial charge on any atom is -0.243 e. The fraction of sp³-hybridized carbons (Fsp3) is 0.167. The largest absolute Gasteiger partial charge is 0.268 e. The number of aromatic nitrogens is 4. The molecule has 0 radical (unpaired) electrons. The van der Waals surface area contributed by atoms with Crippen LogP contribution in [0, 0.1) is 5.92 Å². The maximum Gasteiger partial charge on any atom is 0.268 e. The summed E-state index contributed by atoms with van der Waals surface area (Å²) in [7, 11) is 0. The number of hydrogen-bond acceptors (Lipinski definition) is 6. The van der Waals surface area contributed by atoms with Crippen molar-refractivity contribution in [3.05, 3.63) is 94.2 Å². The Kier molecular flexibility index (Phi) is 6.64. The molecule has 0 saturated heterocycles. The zero-order valence-electron chi connectivity index (χ0n) is 17.5. The summed E-state index contributed by atoms with van der Waals surface area (Å²) in [6.45, 7) is 4.47. The summed E-state index contributed by atoms with van der Waals surface area (Å²) in [5.41, 5.74) is 8.19. The Morgan fingerprint density at radius 3 is 2.61 bits per heavy atom. The Hall–Kier alpha value is -3.58. The molecule has 0 amide bonds. The minimum absolute atomic E-state index is 0.449. The first-order chi connectivity index (χ1) is 15.2. The van der Waals surface area contributed by atoms with Crippen LogP contribution in [0.4, 0.5) is 5.95 Å². The standard InChI is InChI=1S/C24H24N6S/c1-18(2)16-20-10-8-19(9-11-20)12-13-23(21-14-15-31-17-21)25-26-24-27-28-29-30(24)22-6-4-3-5-7-22/h3-15,17-18H,16H2,1-2H3,(H,26,27,29). The van der Waals surface area contributed by atoms with Gasteiger partial charge in [-0.05, 0) is 63.5 Å². The van der Waals surface area contributed by atoms with Gasteiger partial charge in [0, 0.05) is 10.9 Å². The molecule has 4 aromatic rings. The normalized spacial score (nSPS) is 12.0. The number of hydrogen-bond donors (Lipinski definition) is 1. The summed E-state index contributed by atoms with van der Waals surface area (Å²) in [5, 5.41) is 20.6. The van der Waals surface area contributed by atoms with Crippen LogP contribution in [0.2, 0.25) is 0 Å². The second kappa shape index (κ2) is 9.95. The Balaban J connectivity index is 1.55. The van der Waals surface area contributed by atoms with E-state index < -0.39 is 0 Å². The fourth-order valence-corrected chi connectivity index (χ4v) is 3.78. The molecule has 2 aromatic heterocycles. The van der Waals surface area contributed by atoms with E-state index in [9.17, 15) is 0 Å². The summed E-state index contributed by atoms with van der Waals surface area (Å²) < 4.78 is 1.62. The predicted octanol–water partition coefficient (Wildman–Crippen LogP) is 5.45. The van der Waals surface area contributed by atoms with Gasteiger partial charge in [-0.1, -0.05) is 67.5 Å². The molecule has 31 heavy (non-hydrogen) atoms. The van der Waals surface area contributed by atoms with Crippen molar-refractivity contribution >= 4 is 29.1 Å². The molecule has 2 heterocycles. The molecule has 0 aliphatic carbocycles. The van der Waals surface area contributed by atoms with Crippen LogP contribution in [0.3, 0.4) is 0 Å². The van der Waals surface area contributed by atoms with E-state index in [1.807, 2.05) is 47.9 Å². The third kappa shape index (κ3) is 5.52. The molecule has 0 atom stereocenters. The summed E-state index contributed by atoms with van der Waals surface area (Å²) in [6.07, 6.45) is 5.16. The summed E-state index contributed by atoms with van der Waals surface area (Å²) >= 11 is 1.63. The van der Waals surface area contributed by atoms with Crippen molar-refractivity contribution in [1.29, 1.82) is 0 Å². The quantitative estimate of drug-likeness (QED) is 0.299. The Morgan fingerprint density at radius 2 is 1.90 bits per heavy atom. The number of nitrogens with one attached hydrogen (secondary N) is 1. The average Bonchev–Trinajstić information content (AvgIpc) is 3.47. The van der Waals surface area contributed by atoms with Gasteiger partial charge in [0.05, 0.1) is 11.4 Å².